The molecule has 0 bridgehead atoms. The van der Waals surface area contributed by atoms with Crippen molar-refractivity contribution in [1.82, 2.24) is 4.90 Å². The lowest BCUT2D eigenvalue weighted by molar-refractivity contribution is 0.0729. The standard InChI is InChI=1S/C14H30N2O3Si/c1-5-16-11-9-10-14(12-16)15-13-20(17-6-2,18-7-3)19-8-4/h5-13H2,1-4H3. The lowest BCUT2D eigenvalue weighted by atomic mass is 10.1. The smallest absolute Gasteiger partial charge is 0.373 e. The van der Waals surface area contributed by atoms with Gasteiger partial charge in [0.05, 0.1) is 0 Å². The van der Waals surface area contributed by atoms with Gasteiger partial charge < -0.3 is 13.3 Å². The van der Waals surface area contributed by atoms with Crippen LogP contribution in [-0.2, 0) is 13.3 Å². The average molecular weight is 302 g/mol. The second kappa shape index (κ2) is 9.62. The molecule has 0 aliphatic carbocycles. The third-order valence-corrected chi connectivity index (χ3v) is 6.11. The molecule has 0 amide bonds. The highest BCUT2D eigenvalue weighted by Crippen LogP contribution is 2.13. The van der Waals surface area contributed by atoms with Crippen LogP contribution >= 0.6 is 0 Å². The third-order valence-electron chi connectivity index (χ3n) is 3.38. The van der Waals surface area contributed by atoms with Gasteiger partial charge in [-0.05, 0) is 46.7 Å². The third kappa shape index (κ3) is 5.61. The SMILES string of the molecule is CCO[Si](CN=C1CCCN(CC)C1)(OCC)OCC. The summed E-state index contributed by atoms with van der Waals surface area (Å²) < 4.78 is 17.5. The van der Waals surface area contributed by atoms with E-state index in [0.29, 0.717) is 26.0 Å². The molecule has 118 valence electrons. The molecule has 0 aromatic heterocycles. The van der Waals surface area contributed by atoms with E-state index in [0.717, 1.165) is 19.5 Å². The first-order valence-electron chi connectivity index (χ1n) is 7.86. The first kappa shape index (κ1) is 17.8. The van der Waals surface area contributed by atoms with Crippen molar-refractivity contribution in [3.63, 3.8) is 0 Å². The fourth-order valence-electron chi connectivity index (χ4n) is 2.45. The van der Waals surface area contributed by atoms with E-state index >= 15 is 0 Å². The van der Waals surface area contributed by atoms with Crippen molar-refractivity contribution in [3.8, 4) is 0 Å². The maximum atomic E-state index is 5.83. The molecule has 0 saturated carbocycles. The van der Waals surface area contributed by atoms with E-state index in [1.54, 1.807) is 0 Å². The van der Waals surface area contributed by atoms with Gasteiger partial charge in [0.25, 0.3) is 0 Å². The average Bonchev–Trinajstić information content (AvgIpc) is 2.46. The first-order valence-corrected chi connectivity index (χ1v) is 9.79. The predicted molar refractivity (Wildman–Crippen MR) is 84.3 cm³/mol. The molecule has 5 nitrogen and oxygen atoms in total. The van der Waals surface area contributed by atoms with E-state index in [9.17, 15) is 0 Å². The van der Waals surface area contributed by atoms with Gasteiger partial charge in [0, 0.05) is 32.1 Å². The molecule has 0 atom stereocenters. The molecule has 1 heterocycles. The molecule has 1 rings (SSSR count). The van der Waals surface area contributed by atoms with Gasteiger partial charge in [-0.15, -0.1) is 0 Å². The van der Waals surface area contributed by atoms with Crippen LogP contribution in [0.15, 0.2) is 4.99 Å². The van der Waals surface area contributed by atoms with Crippen LogP contribution in [0.1, 0.15) is 40.5 Å². The van der Waals surface area contributed by atoms with Crippen molar-refractivity contribution < 1.29 is 13.3 Å². The van der Waals surface area contributed by atoms with Crippen molar-refractivity contribution in [3.05, 3.63) is 0 Å². The Labute approximate surface area is 124 Å². The summed E-state index contributed by atoms with van der Waals surface area (Å²) in [5.41, 5.74) is 1.26. The normalized spacial score (nSPS) is 19.7. The Balaban J connectivity index is 2.67. The van der Waals surface area contributed by atoms with Gasteiger partial charge >= 0.3 is 8.80 Å². The highest BCUT2D eigenvalue weighted by molar-refractivity contribution is 6.61. The molecular weight excluding hydrogens is 272 g/mol. The van der Waals surface area contributed by atoms with E-state index in [2.05, 4.69) is 11.8 Å². The largest absolute Gasteiger partial charge is 0.523 e. The number of rotatable bonds is 9. The molecule has 0 N–H and O–H groups in total. The molecule has 0 radical (unpaired) electrons. The second-order valence-corrected chi connectivity index (χ2v) is 7.39. The molecule has 1 aliphatic heterocycles. The summed E-state index contributed by atoms with van der Waals surface area (Å²) >= 11 is 0. The summed E-state index contributed by atoms with van der Waals surface area (Å²) in [5.74, 6) is 0. The van der Waals surface area contributed by atoms with Crippen LogP contribution in [0.5, 0.6) is 0 Å². The van der Waals surface area contributed by atoms with Crippen LogP contribution in [0.25, 0.3) is 0 Å². The summed E-state index contributed by atoms with van der Waals surface area (Å²) in [6.07, 6.45) is 2.83. The molecule has 1 saturated heterocycles. The van der Waals surface area contributed by atoms with Crippen LogP contribution < -0.4 is 0 Å². The lowest BCUT2D eigenvalue weighted by Gasteiger charge is -2.29. The second-order valence-electron chi connectivity index (χ2n) is 4.84. The van der Waals surface area contributed by atoms with Crippen molar-refractivity contribution in [2.75, 3.05) is 45.6 Å². The number of hydrogen-bond acceptors (Lipinski definition) is 5. The topological polar surface area (TPSA) is 43.3 Å². The van der Waals surface area contributed by atoms with E-state index in [-0.39, 0.29) is 0 Å². The van der Waals surface area contributed by atoms with Gasteiger partial charge in [-0.25, -0.2) is 0 Å². The maximum absolute atomic E-state index is 5.83. The Morgan fingerprint density at radius 3 is 2.15 bits per heavy atom. The van der Waals surface area contributed by atoms with Crippen molar-refractivity contribution >= 4 is 14.5 Å². The minimum Gasteiger partial charge on any atom is -0.373 e. The molecule has 1 fully saturated rings. The summed E-state index contributed by atoms with van der Waals surface area (Å²) in [7, 11) is -2.62. The van der Waals surface area contributed by atoms with Crippen molar-refractivity contribution in [1.29, 1.82) is 0 Å². The number of piperidine rings is 1. The van der Waals surface area contributed by atoms with Crippen LogP contribution in [0, 0.1) is 0 Å². The molecular formula is C14H30N2O3Si. The zero-order valence-corrected chi connectivity index (χ0v) is 14.5. The van der Waals surface area contributed by atoms with E-state index in [4.69, 9.17) is 18.3 Å². The lowest BCUT2D eigenvalue weighted by Crippen LogP contribution is -2.50. The molecule has 20 heavy (non-hydrogen) atoms. The van der Waals surface area contributed by atoms with Crippen LogP contribution in [-0.4, -0.2) is 65.0 Å². The van der Waals surface area contributed by atoms with Crippen LogP contribution in [0.4, 0.5) is 0 Å². The Morgan fingerprint density at radius 2 is 1.65 bits per heavy atom. The minimum absolute atomic E-state index is 0.551. The minimum atomic E-state index is -2.62. The Bertz CT molecular complexity index is 283. The van der Waals surface area contributed by atoms with Gasteiger partial charge in [-0.2, -0.15) is 0 Å². The maximum Gasteiger partial charge on any atom is 0.523 e. The number of aliphatic imine (C=N–C) groups is 1. The molecule has 0 spiro atoms. The fourth-order valence-corrected chi connectivity index (χ4v) is 4.71. The van der Waals surface area contributed by atoms with Gasteiger partial charge in [0.2, 0.25) is 0 Å². The molecule has 0 unspecified atom stereocenters. The van der Waals surface area contributed by atoms with Gasteiger partial charge in [-0.3, -0.25) is 9.89 Å². The van der Waals surface area contributed by atoms with Crippen molar-refractivity contribution in [2.24, 2.45) is 4.99 Å². The van der Waals surface area contributed by atoms with Gasteiger partial charge in [-0.1, -0.05) is 6.92 Å². The number of likely N-dealkylation sites (tertiary alicyclic amines) is 1. The quantitative estimate of drug-likeness (QED) is 0.612. The highest BCUT2D eigenvalue weighted by atomic mass is 28.4. The molecule has 1 aliphatic rings. The highest BCUT2D eigenvalue weighted by Gasteiger charge is 2.40. The molecule has 0 aromatic rings. The van der Waals surface area contributed by atoms with Crippen molar-refractivity contribution in [2.45, 2.75) is 40.5 Å². The summed E-state index contributed by atoms with van der Waals surface area (Å²) in [5, 5.41) is 0. The van der Waals surface area contributed by atoms with Gasteiger partial charge in [0.15, 0.2) is 0 Å². The van der Waals surface area contributed by atoms with E-state index < -0.39 is 8.80 Å². The van der Waals surface area contributed by atoms with Crippen LogP contribution in [0.2, 0.25) is 0 Å². The van der Waals surface area contributed by atoms with Crippen LogP contribution in [0.3, 0.4) is 0 Å². The monoisotopic (exact) mass is 302 g/mol. The van der Waals surface area contributed by atoms with Gasteiger partial charge in [0.1, 0.15) is 6.17 Å². The predicted octanol–water partition coefficient (Wildman–Crippen LogP) is 2.13. The first-order chi connectivity index (χ1) is 9.69. The molecule has 0 aromatic carbocycles. The van der Waals surface area contributed by atoms with E-state index in [1.165, 1.54) is 18.7 Å². The number of hydrogen-bond donors (Lipinski definition) is 0. The summed E-state index contributed by atoms with van der Waals surface area (Å²) in [6.45, 7) is 13.2. The molecule has 6 heteroatoms. The number of nitrogens with zero attached hydrogens (tertiary/aromatic N) is 2. The Kier molecular flexibility index (Phi) is 8.56. The summed E-state index contributed by atoms with van der Waals surface area (Å²) in [6, 6.07) is 0. The zero-order valence-electron chi connectivity index (χ0n) is 13.5. The Morgan fingerprint density at radius 1 is 1.05 bits per heavy atom. The fraction of sp³-hybridized carbons (Fsp3) is 0.929. The Hall–Kier alpha value is -0.273. The summed E-state index contributed by atoms with van der Waals surface area (Å²) in [4.78, 5) is 7.20. The zero-order chi connectivity index (χ0) is 14.8. The van der Waals surface area contributed by atoms with E-state index in [1.807, 2.05) is 20.8 Å².